The highest BCUT2D eigenvalue weighted by Gasteiger charge is 2.47. The molecule has 0 bridgehead atoms. The van der Waals surface area contributed by atoms with Crippen molar-refractivity contribution in [3.8, 4) is 0 Å². The van der Waals surface area contributed by atoms with Crippen molar-refractivity contribution in [1.82, 2.24) is 9.55 Å². The second-order valence-corrected chi connectivity index (χ2v) is 6.80. The summed E-state index contributed by atoms with van der Waals surface area (Å²) in [7, 11) is 0. The predicted molar refractivity (Wildman–Crippen MR) is 93.9 cm³/mol. The first-order valence-electron chi connectivity index (χ1n) is 8.89. The Labute approximate surface area is 167 Å². The molecule has 2 fully saturated rings. The molecule has 9 atom stereocenters. The van der Waals surface area contributed by atoms with Crippen molar-refractivity contribution in [3.63, 3.8) is 0 Å². The highest BCUT2D eigenvalue weighted by Crippen LogP contribution is 2.30. The highest BCUT2D eigenvalue weighted by molar-refractivity contribution is 4.95. The van der Waals surface area contributed by atoms with E-state index >= 15 is 0 Å². The normalized spacial score (nSPS) is 38.9. The fourth-order valence-electron chi connectivity index (χ4n) is 3.30. The summed E-state index contributed by atoms with van der Waals surface area (Å²) in [4.78, 5) is 27.6. The topological polar surface area (TPSA) is 232 Å². The first kappa shape index (κ1) is 22.4. The molecule has 0 aromatic carbocycles. The number of aromatic nitrogens is 2. The Morgan fingerprint density at radius 3 is 2.47 bits per heavy atom. The number of hydrogen-bond acceptors (Lipinski definition) is 11. The van der Waals surface area contributed by atoms with Gasteiger partial charge < -0.3 is 39.7 Å². The molecule has 2 aliphatic heterocycles. The molecule has 2 saturated heterocycles. The van der Waals surface area contributed by atoms with Gasteiger partial charge in [0.1, 0.15) is 36.6 Å². The molecule has 0 radical (unpaired) electrons. The fourth-order valence-corrected chi connectivity index (χ4v) is 3.30. The molecular weight excluding hydrogens is 410 g/mol. The molecule has 3 rings (SSSR count). The van der Waals surface area contributed by atoms with Crippen LogP contribution in [0.3, 0.4) is 0 Å². The lowest BCUT2D eigenvalue weighted by Crippen LogP contribution is -2.58. The Morgan fingerprint density at radius 2 is 1.83 bits per heavy atom. The monoisotopic (exact) mass is 431 g/mol. The maximum atomic E-state index is 11.9. The lowest BCUT2D eigenvalue weighted by atomic mass is 9.98. The van der Waals surface area contributed by atoms with E-state index in [0.29, 0.717) is 0 Å². The molecule has 2 aliphatic rings. The van der Waals surface area contributed by atoms with Gasteiger partial charge in [-0.25, -0.2) is 4.79 Å². The molecule has 1 unspecified atom stereocenters. The number of ether oxygens (including phenoxy) is 3. The number of rotatable bonds is 6. The van der Waals surface area contributed by atoms with E-state index in [4.69, 9.17) is 19.7 Å². The second kappa shape index (κ2) is 9.22. The summed E-state index contributed by atoms with van der Waals surface area (Å²) in [6, 6.07) is -0.329. The van der Waals surface area contributed by atoms with Gasteiger partial charge in [-0.2, -0.15) is 0 Å². The smallest absolute Gasteiger partial charge is 0.330 e. The number of hydrogen-bond donors (Lipinski definition) is 6. The lowest BCUT2D eigenvalue weighted by molar-refractivity contribution is -0.272. The number of aliphatic hydroxyl groups excluding tert-OH is 5. The van der Waals surface area contributed by atoms with Crippen LogP contribution in [0.5, 0.6) is 0 Å². The van der Waals surface area contributed by atoms with Crippen LogP contribution in [0, 0.1) is 0 Å². The van der Waals surface area contributed by atoms with Gasteiger partial charge in [-0.15, -0.1) is 0 Å². The van der Waals surface area contributed by atoms with Gasteiger partial charge in [-0.05, 0) is 5.53 Å². The molecule has 3 heterocycles. The van der Waals surface area contributed by atoms with Crippen molar-refractivity contribution in [3.05, 3.63) is 43.5 Å². The van der Waals surface area contributed by atoms with Crippen molar-refractivity contribution in [1.29, 1.82) is 0 Å². The Morgan fingerprint density at radius 1 is 1.13 bits per heavy atom. The third kappa shape index (κ3) is 4.24. The van der Waals surface area contributed by atoms with Crippen molar-refractivity contribution < 1.29 is 39.7 Å². The number of aromatic amines is 1. The van der Waals surface area contributed by atoms with E-state index in [0.717, 1.165) is 16.8 Å². The van der Waals surface area contributed by atoms with Crippen LogP contribution in [0.1, 0.15) is 6.23 Å². The Kier molecular flexibility index (Phi) is 6.87. The summed E-state index contributed by atoms with van der Waals surface area (Å²) in [5.41, 5.74) is 7.17. The maximum Gasteiger partial charge on any atom is 0.330 e. The van der Waals surface area contributed by atoms with Gasteiger partial charge in [-0.1, -0.05) is 5.11 Å². The van der Waals surface area contributed by atoms with Crippen LogP contribution in [0.4, 0.5) is 0 Å². The van der Waals surface area contributed by atoms with E-state index < -0.39 is 79.6 Å². The van der Waals surface area contributed by atoms with Gasteiger partial charge in [0.25, 0.3) is 5.56 Å². The summed E-state index contributed by atoms with van der Waals surface area (Å²) in [5, 5.41) is 53.0. The minimum absolute atomic E-state index is 0.435. The number of aliphatic hydroxyl groups is 5. The minimum Gasteiger partial charge on any atom is -0.394 e. The SMILES string of the molecule is [N-]=[N+]=N[C@@H]1C(OC[C@H]2O[C@@H](n3ccc(=O)[nH]c3=O)[C@H](O)[C@@H]2O)O[C@H](CO)[C@@H](O)[C@@H]1O. The van der Waals surface area contributed by atoms with E-state index in [-0.39, 0.29) is 0 Å². The summed E-state index contributed by atoms with van der Waals surface area (Å²) in [5.74, 6) is 0. The number of nitrogens with one attached hydrogen (secondary N) is 1. The Bertz CT molecular complexity index is 900. The predicted octanol–water partition coefficient (Wildman–Crippen LogP) is -3.71. The standard InChI is InChI=1S/C15H21N5O10/c16-19-18-8-11(25)9(23)5(3-21)30-14(8)28-4-6-10(24)12(26)13(29-6)20-2-1-7(22)17-15(20)27/h1-2,5-6,8-14,21,23-26H,3-4H2,(H,17,22,27)/t5-,6-,8+,9-,10-,11-,12-,13-,14?/m1/s1. The number of azide groups is 1. The van der Waals surface area contributed by atoms with Gasteiger partial charge in [0, 0.05) is 17.2 Å². The second-order valence-electron chi connectivity index (χ2n) is 6.80. The van der Waals surface area contributed by atoms with Gasteiger partial charge >= 0.3 is 5.69 Å². The van der Waals surface area contributed by atoms with Gasteiger partial charge in [0.2, 0.25) is 0 Å². The van der Waals surface area contributed by atoms with Gasteiger partial charge in [0.05, 0.1) is 19.3 Å². The quantitative estimate of drug-likeness (QED) is 0.146. The van der Waals surface area contributed by atoms with Crippen molar-refractivity contribution in [2.24, 2.45) is 5.11 Å². The van der Waals surface area contributed by atoms with Crippen LogP contribution in [-0.2, 0) is 14.2 Å². The van der Waals surface area contributed by atoms with E-state index in [1.54, 1.807) is 0 Å². The first-order chi connectivity index (χ1) is 14.3. The molecular formula is C15H21N5O10. The van der Waals surface area contributed by atoms with Gasteiger partial charge in [0.15, 0.2) is 12.5 Å². The third-order valence-corrected chi connectivity index (χ3v) is 4.92. The van der Waals surface area contributed by atoms with E-state index in [1.807, 2.05) is 4.98 Å². The van der Waals surface area contributed by atoms with Crippen LogP contribution >= 0.6 is 0 Å². The molecule has 15 heteroatoms. The van der Waals surface area contributed by atoms with Crippen molar-refractivity contribution >= 4 is 0 Å². The summed E-state index contributed by atoms with van der Waals surface area (Å²) in [6.45, 7) is -1.09. The zero-order valence-corrected chi connectivity index (χ0v) is 15.3. The third-order valence-electron chi connectivity index (χ3n) is 4.92. The number of nitrogens with zero attached hydrogens (tertiary/aromatic N) is 4. The lowest BCUT2D eigenvalue weighted by Gasteiger charge is -2.40. The molecule has 1 aromatic rings. The summed E-state index contributed by atoms with van der Waals surface area (Å²) >= 11 is 0. The first-order valence-corrected chi connectivity index (χ1v) is 8.89. The van der Waals surface area contributed by atoms with Crippen LogP contribution in [0.25, 0.3) is 10.4 Å². The molecule has 30 heavy (non-hydrogen) atoms. The molecule has 0 aliphatic carbocycles. The largest absolute Gasteiger partial charge is 0.394 e. The maximum absolute atomic E-state index is 11.9. The average Bonchev–Trinajstić information content (AvgIpc) is 2.99. The average molecular weight is 431 g/mol. The van der Waals surface area contributed by atoms with Gasteiger partial charge in [-0.3, -0.25) is 14.3 Å². The van der Waals surface area contributed by atoms with Crippen LogP contribution in [-0.4, -0.2) is 97.3 Å². The Balaban J connectivity index is 1.72. The van der Waals surface area contributed by atoms with E-state index in [2.05, 4.69) is 10.0 Å². The highest BCUT2D eigenvalue weighted by atomic mass is 16.7. The minimum atomic E-state index is -1.59. The van der Waals surface area contributed by atoms with Crippen LogP contribution in [0.15, 0.2) is 27.0 Å². The summed E-state index contributed by atoms with van der Waals surface area (Å²) < 4.78 is 17.1. The molecule has 0 amide bonds. The Hall–Kier alpha value is -2.33. The molecule has 0 spiro atoms. The zero-order valence-electron chi connectivity index (χ0n) is 15.3. The molecule has 0 saturated carbocycles. The zero-order chi connectivity index (χ0) is 22.0. The van der Waals surface area contributed by atoms with Crippen molar-refractivity contribution in [2.75, 3.05) is 13.2 Å². The molecule has 6 N–H and O–H groups in total. The van der Waals surface area contributed by atoms with E-state index in [1.165, 1.54) is 0 Å². The molecule has 1 aromatic heterocycles. The summed E-state index contributed by atoms with van der Waals surface area (Å²) in [6.07, 6.45) is -10.2. The fraction of sp³-hybridized carbons (Fsp3) is 0.733. The molecule has 166 valence electrons. The van der Waals surface area contributed by atoms with Crippen molar-refractivity contribution in [2.45, 2.75) is 55.2 Å². The molecule has 15 nitrogen and oxygen atoms in total. The van der Waals surface area contributed by atoms with E-state index in [9.17, 15) is 35.1 Å². The van der Waals surface area contributed by atoms with Crippen LogP contribution < -0.4 is 11.2 Å². The number of H-pyrrole nitrogens is 1. The van der Waals surface area contributed by atoms with Crippen LogP contribution in [0.2, 0.25) is 0 Å².